The molecular formula is C24H20Cl3F3N2O3. The Hall–Kier alpha value is -2.33. The Labute approximate surface area is 214 Å². The molecule has 0 aliphatic rings. The molecule has 3 aromatic carbocycles. The summed E-state index contributed by atoms with van der Waals surface area (Å²) in [7, 11) is 0. The molecule has 1 atom stereocenters. The second kappa shape index (κ2) is 10.7. The van der Waals surface area contributed by atoms with Gasteiger partial charge in [0.25, 0.3) is 5.91 Å². The molecule has 0 aliphatic carbocycles. The Morgan fingerprint density at radius 1 is 1.03 bits per heavy atom. The quantitative estimate of drug-likeness (QED) is 0.229. The first-order valence-corrected chi connectivity index (χ1v) is 11.3. The number of fused-ring (bicyclic) bond motifs is 1. The maximum Gasteiger partial charge on any atom is 0.424 e. The van der Waals surface area contributed by atoms with Gasteiger partial charge in [-0.05, 0) is 45.7 Å². The highest BCUT2D eigenvalue weighted by molar-refractivity contribution is 6.48. The number of hydrogen-bond donors (Lipinski definition) is 3. The summed E-state index contributed by atoms with van der Waals surface area (Å²) < 4.78 is 43.4. The van der Waals surface area contributed by atoms with Gasteiger partial charge in [0.2, 0.25) is 5.60 Å². The smallest absolute Gasteiger partial charge is 0.395 e. The summed E-state index contributed by atoms with van der Waals surface area (Å²) in [6.07, 6.45) is -5.80. The van der Waals surface area contributed by atoms with Crippen LogP contribution in [-0.2, 0) is 10.4 Å². The number of aliphatic hydroxyl groups is 1. The molecule has 3 rings (SSSR count). The van der Waals surface area contributed by atoms with E-state index in [4.69, 9.17) is 45.8 Å². The largest absolute Gasteiger partial charge is 0.424 e. The zero-order valence-corrected chi connectivity index (χ0v) is 20.3. The van der Waals surface area contributed by atoms with Gasteiger partial charge in [0.05, 0.1) is 21.7 Å². The van der Waals surface area contributed by atoms with Crippen molar-refractivity contribution in [2.45, 2.75) is 18.2 Å². The van der Waals surface area contributed by atoms with E-state index < -0.39 is 29.7 Å². The summed E-state index contributed by atoms with van der Waals surface area (Å²) in [6.45, 7) is 3.68. The van der Waals surface area contributed by atoms with Gasteiger partial charge in [-0.15, -0.1) is 0 Å². The molecule has 0 heterocycles. The topological polar surface area (TPSA) is 84.6 Å². The van der Waals surface area contributed by atoms with Gasteiger partial charge in [-0.1, -0.05) is 71.7 Å². The number of benzene rings is 3. The lowest BCUT2D eigenvalue weighted by Crippen LogP contribution is -2.47. The third kappa shape index (κ3) is 5.28. The minimum atomic E-state index is -4.99. The van der Waals surface area contributed by atoms with Crippen LogP contribution >= 0.6 is 34.8 Å². The zero-order chi connectivity index (χ0) is 26.0. The predicted molar refractivity (Wildman–Crippen MR) is 131 cm³/mol. The van der Waals surface area contributed by atoms with Crippen LogP contribution < -0.4 is 11.2 Å². The summed E-state index contributed by atoms with van der Waals surface area (Å²) in [5.41, 5.74) is -2.80. The lowest BCUT2D eigenvalue weighted by molar-refractivity contribution is -0.285. The SMILES string of the molecule is C=C(CC(ON)(c1cc(Cl)c(Cl)c(Cl)c1)C(F)(F)F)c1ccc(C(=O)NCCO)c2ccccc12. The Balaban J connectivity index is 2.12. The Bertz CT molecular complexity index is 1260. The average Bonchev–Trinajstić information content (AvgIpc) is 2.82. The van der Waals surface area contributed by atoms with E-state index in [0.29, 0.717) is 21.9 Å². The Morgan fingerprint density at radius 2 is 1.57 bits per heavy atom. The molecule has 0 bridgehead atoms. The number of amides is 1. The fourth-order valence-corrected chi connectivity index (χ4v) is 4.39. The summed E-state index contributed by atoms with van der Waals surface area (Å²) >= 11 is 17.9. The summed E-state index contributed by atoms with van der Waals surface area (Å²) in [5.74, 6) is 4.82. The van der Waals surface area contributed by atoms with Gasteiger partial charge in [0.1, 0.15) is 0 Å². The monoisotopic (exact) mass is 546 g/mol. The number of alkyl halides is 3. The van der Waals surface area contributed by atoms with Crippen molar-refractivity contribution < 1.29 is 27.9 Å². The van der Waals surface area contributed by atoms with E-state index in [1.165, 1.54) is 12.1 Å². The molecule has 0 fully saturated rings. The van der Waals surface area contributed by atoms with Gasteiger partial charge in [0.15, 0.2) is 0 Å². The molecule has 4 N–H and O–H groups in total. The first kappa shape index (κ1) is 27.3. The lowest BCUT2D eigenvalue weighted by Gasteiger charge is -2.35. The van der Waals surface area contributed by atoms with E-state index >= 15 is 0 Å². The van der Waals surface area contributed by atoms with E-state index in [1.54, 1.807) is 24.3 Å². The number of carbonyl (C=O) groups excluding carboxylic acids is 1. The van der Waals surface area contributed by atoms with Crippen LogP contribution in [0.4, 0.5) is 13.2 Å². The fraction of sp³-hybridized carbons (Fsp3) is 0.208. The second-order valence-electron chi connectivity index (χ2n) is 7.66. The van der Waals surface area contributed by atoms with Crippen molar-refractivity contribution in [3.63, 3.8) is 0 Å². The lowest BCUT2D eigenvalue weighted by atomic mass is 9.83. The van der Waals surface area contributed by atoms with Crippen molar-refractivity contribution in [1.29, 1.82) is 0 Å². The van der Waals surface area contributed by atoms with Crippen molar-refractivity contribution in [3.8, 4) is 0 Å². The van der Waals surface area contributed by atoms with Crippen LogP contribution in [0.1, 0.15) is 27.9 Å². The molecule has 0 saturated heterocycles. The number of rotatable bonds is 8. The maximum absolute atomic E-state index is 14.5. The van der Waals surface area contributed by atoms with E-state index in [-0.39, 0.29) is 33.8 Å². The van der Waals surface area contributed by atoms with Crippen molar-refractivity contribution >= 4 is 57.1 Å². The van der Waals surface area contributed by atoms with Crippen molar-refractivity contribution in [2.75, 3.05) is 13.2 Å². The third-order valence-electron chi connectivity index (χ3n) is 5.52. The molecule has 35 heavy (non-hydrogen) atoms. The van der Waals surface area contributed by atoms with Gasteiger partial charge in [-0.2, -0.15) is 13.2 Å². The summed E-state index contributed by atoms with van der Waals surface area (Å²) in [4.78, 5) is 17.1. The van der Waals surface area contributed by atoms with E-state index in [2.05, 4.69) is 16.7 Å². The normalized spacial score (nSPS) is 13.5. The fourth-order valence-electron chi connectivity index (χ4n) is 3.80. The Kier molecular flexibility index (Phi) is 8.36. The van der Waals surface area contributed by atoms with Crippen LogP contribution in [0.5, 0.6) is 0 Å². The predicted octanol–water partition coefficient (Wildman–Crippen LogP) is 6.27. The first-order valence-electron chi connectivity index (χ1n) is 10.2. The maximum atomic E-state index is 14.5. The van der Waals surface area contributed by atoms with Crippen LogP contribution in [0.25, 0.3) is 16.3 Å². The molecule has 1 unspecified atom stereocenters. The van der Waals surface area contributed by atoms with Gasteiger partial charge >= 0.3 is 6.18 Å². The number of aliphatic hydroxyl groups excluding tert-OH is 1. The molecule has 1 amide bonds. The van der Waals surface area contributed by atoms with Crippen molar-refractivity contribution in [3.05, 3.63) is 86.9 Å². The van der Waals surface area contributed by atoms with Crippen molar-refractivity contribution in [1.82, 2.24) is 5.32 Å². The molecule has 0 aliphatic heterocycles. The number of nitrogens with two attached hydrogens (primary N) is 1. The first-order chi connectivity index (χ1) is 16.5. The van der Waals surface area contributed by atoms with Crippen LogP contribution in [0.3, 0.4) is 0 Å². The van der Waals surface area contributed by atoms with Gasteiger partial charge in [-0.3, -0.25) is 9.63 Å². The zero-order valence-electron chi connectivity index (χ0n) is 18.1. The second-order valence-corrected chi connectivity index (χ2v) is 8.85. The molecule has 5 nitrogen and oxygen atoms in total. The summed E-state index contributed by atoms with van der Waals surface area (Å²) in [6, 6.07) is 11.7. The minimum absolute atomic E-state index is 0.0356. The molecule has 3 aromatic rings. The van der Waals surface area contributed by atoms with Crippen LogP contribution in [0, 0.1) is 0 Å². The molecule has 11 heteroatoms. The molecule has 0 saturated carbocycles. The number of halogens is 6. The molecular weight excluding hydrogens is 528 g/mol. The number of hydrogen-bond acceptors (Lipinski definition) is 4. The van der Waals surface area contributed by atoms with Crippen LogP contribution in [-0.4, -0.2) is 30.3 Å². The van der Waals surface area contributed by atoms with Crippen LogP contribution in [0.15, 0.2) is 55.1 Å². The molecule has 0 spiro atoms. The highest BCUT2D eigenvalue weighted by Gasteiger charge is 2.58. The summed E-state index contributed by atoms with van der Waals surface area (Å²) in [5, 5.41) is 12.0. The third-order valence-corrected chi connectivity index (χ3v) is 6.72. The molecule has 0 aromatic heterocycles. The van der Waals surface area contributed by atoms with E-state index in [1.807, 2.05) is 0 Å². The standard InChI is InChI=1S/C24H20Cl3F3N2O3/c1-13(12-23(35-31,24(28,29)30)14-10-19(25)21(27)20(26)11-14)15-6-7-18(22(34)32-8-9-33)17-5-3-2-4-16(15)17/h2-7,10-11,33H,1,8-9,12,31H2,(H,32,34). The highest BCUT2D eigenvalue weighted by Crippen LogP contribution is 2.49. The van der Waals surface area contributed by atoms with Gasteiger partial charge in [0, 0.05) is 18.5 Å². The highest BCUT2D eigenvalue weighted by atomic mass is 35.5. The molecule has 186 valence electrons. The molecule has 0 radical (unpaired) electrons. The van der Waals surface area contributed by atoms with E-state index in [0.717, 1.165) is 12.1 Å². The van der Waals surface area contributed by atoms with Crippen molar-refractivity contribution in [2.24, 2.45) is 5.90 Å². The van der Waals surface area contributed by atoms with E-state index in [9.17, 15) is 18.0 Å². The minimum Gasteiger partial charge on any atom is -0.395 e. The average molecular weight is 548 g/mol. The van der Waals surface area contributed by atoms with Gasteiger partial charge in [-0.25, -0.2) is 5.90 Å². The number of nitrogens with one attached hydrogen (secondary N) is 1. The Morgan fingerprint density at radius 3 is 2.09 bits per heavy atom. The number of carbonyl (C=O) groups is 1. The van der Waals surface area contributed by atoms with Gasteiger partial charge < -0.3 is 10.4 Å². The van der Waals surface area contributed by atoms with Crippen LogP contribution in [0.2, 0.25) is 15.1 Å².